The second-order valence-corrected chi connectivity index (χ2v) is 18.3. The van der Waals surface area contributed by atoms with Gasteiger partial charge in [-0.3, -0.25) is 9.69 Å². The van der Waals surface area contributed by atoms with Crippen molar-refractivity contribution in [2.75, 3.05) is 13.7 Å². The molecule has 1 aliphatic carbocycles. The maximum atomic E-state index is 14.0. The molecule has 2 aliphatic heterocycles. The Labute approximate surface area is 366 Å². The largest absolute Gasteiger partial charge is 0.467 e. The number of aliphatic hydroxyl groups excluding tert-OH is 1. The Hall–Kier alpha value is -5.07. The first-order chi connectivity index (χ1) is 29.9. The van der Waals surface area contributed by atoms with E-state index in [1.165, 1.54) is 26.4 Å². The zero-order valence-electron chi connectivity index (χ0n) is 36.8. The fraction of sp³-hybridized carbons (Fsp3) is 0.471. The van der Waals surface area contributed by atoms with Crippen molar-refractivity contribution < 1.29 is 33.7 Å². The number of hydrogen-bond donors (Lipinski definition) is 4. The van der Waals surface area contributed by atoms with Crippen molar-refractivity contribution in [3.05, 3.63) is 131 Å². The van der Waals surface area contributed by atoms with Gasteiger partial charge in [0, 0.05) is 42.6 Å². The smallest absolute Gasteiger partial charge is 0.328 e. The van der Waals surface area contributed by atoms with Crippen molar-refractivity contribution in [3.8, 4) is 11.1 Å². The van der Waals surface area contributed by atoms with E-state index in [0.29, 0.717) is 24.9 Å². The molecule has 330 valence electrons. The SMILES string of the molecule is COC(=O)C(Cc1ccccc1)NC(=O)NCc1ccccc1-c1ccc(C2OC(CN3C(C(=O)NC(C)(C)C)CCC4CCCCC43)C(C)C(c3ccc(CO)cc3)O2)cc1. The number of ether oxygens (including phenoxy) is 3. The van der Waals surface area contributed by atoms with E-state index >= 15 is 0 Å². The van der Waals surface area contributed by atoms with E-state index in [0.717, 1.165) is 58.2 Å². The Morgan fingerprint density at radius 3 is 2.23 bits per heavy atom. The van der Waals surface area contributed by atoms with Crippen molar-refractivity contribution in [1.82, 2.24) is 20.9 Å². The number of esters is 1. The van der Waals surface area contributed by atoms with Crippen molar-refractivity contribution >= 4 is 17.9 Å². The Kier molecular flexibility index (Phi) is 14.8. The molecule has 2 heterocycles. The van der Waals surface area contributed by atoms with Crippen LogP contribution >= 0.6 is 0 Å². The van der Waals surface area contributed by atoms with Gasteiger partial charge in [0.25, 0.3) is 0 Å². The van der Waals surface area contributed by atoms with Gasteiger partial charge in [-0.25, -0.2) is 9.59 Å². The Morgan fingerprint density at radius 1 is 0.823 bits per heavy atom. The summed E-state index contributed by atoms with van der Waals surface area (Å²) in [5.41, 5.74) is 6.14. The van der Waals surface area contributed by atoms with Crippen LogP contribution in [0.25, 0.3) is 11.1 Å². The number of likely N-dealkylation sites (tertiary alicyclic amines) is 1. The van der Waals surface area contributed by atoms with Crippen molar-refractivity contribution in [2.45, 2.75) is 128 Å². The zero-order chi connectivity index (χ0) is 43.8. The molecule has 4 N–H and O–H groups in total. The maximum Gasteiger partial charge on any atom is 0.328 e. The van der Waals surface area contributed by atoms with Crippen LogP contribution < -0.4 is 16.0 Å². The second-order valence-electron chi connectivity index (χ2n) is 18.3. The molecule has 8 atom stereocenters. The van der Waals surface area contributed by atoms with Gasteiger partial charge in [0.05, 0.1) is 32.0 Å². The maximum absolute atomic E-state index is 14.0. The molecule has 1 saturated carbocycles. The van der Waals surface area contributed by atoms with Crippen molar-refractivity contribution in [3.63, 3.8) is 0 Å². The normalized spacial score (nSPS) is 24.6. The van der Waals surface area contributed by atoms with Crippen LogP contribution in [0.2, 0.25) is 0 Å². The first-order valence-electron chi connectivity index (χ1n) is 22.3. The summed E-state index contributed by atoms with van der Waals surface area (Å²) in [5, 5.41) is 18.8. The Bertz CT molecular complexity index is 2110. The lowest BCUT2D eigenvalue weighted by Gasteiger charge is -2.51. The molecule has 11 nitrogen and oxygen atoms in total. The van der Waals surface area contributed by atoms with Crippen molar-refractivity contribution in [2.24, 2.45) is 11.8 Å². The van der Waals surface area contributed by atoms with Gasteiger partial charge < -0.3 is 35.3 Å². The standard InChI is InChI=1S/C51H64N4O7/c1-33-45(31-55-43-18-12-10-15-37(43)27-28-44(55)47(57)54-51(2,3)4)61-49(62-46(33)38-21-19-35(32-56)20-22-38)39-25-23-36(24-26-39)41-17-11-9-16-40(41)30-52-50(59)53-42(48(58)60-5)29-34-13-7-6-8-14-34/h6-9,11,13-14,16-17,19-26,33,37,42-46,49,56H,10,12,15,18,27-32H2,1-5H3,(H,54,57)(H2,52,53,59). The van der Waals surface area contributed by atoms with Crippen LogP contribution in [-0.2, 0) is 43.4 Å². The third kappa shape index (κ3) is 11.1. The number of hydrogen-bond acceptors (Lipinski definition) is 8. The minimum Gasteiger partial charge on any atom is -0.467 e. The molecule has 3 aliphatic rings. The molecule has 0 spiro atoms. The number of carbonyl (C=O) groups is 3. The third-order valence-corrected chi connectivity index (χ3v) is 12.8. The van der Waals surface area contributed by atoms with E-state index in [4.69, 9.17) is 14.2 Å². The van der Waals surface area contributed by atoms with Gasteiger partial charge in [0.1, 0.15) is 6.04 Å². The number of methoxy groups -OCH3 is 1. The van der Waals surface area contributed by atoms with Gasteiger partial charge in [-0.15, -0.1) is 0 Å². The molecule has 3 amide bonds. The van der Waals surface area contributed by atoms with Gasteiger partial charge in [-0.1, -0.05) is 123 Å². The van der Waals surface area contributed by atoms with E-state index in [9.17, 15) is 19.5 Å². The van der Waals surface area contributed by atoms with E-state index in [1.54, 1.807) is 0 Å². The monoisotopic (exact) mass is 844 g/mol. The fourth-order valence-electron chi connectivity index (χ4n) is 9.61. The molecule has 0 aromatic heterocycles. The number of aliphatic hydroxyl groups is 1. The summed E-state index contributed by atoms with van der Waals surface area (Å²) >= 11 is 0. The summed E-state index contributed by atoms with van der Waals surface area (Å²) < 4.78 is 18.8. The lowest BCUT2D eigenvalue weighted by atomic mass is 9.75. The van der Waals surface area contributed by atoms with Gasteiger partial charge in [-0.2, -0.15) is 0 Å². The molecule has 8 unspecified atom stereocenters. The number of urea groups is 1. The van der Waals surface area contributed by atoms with E-state index in [-0.39, 0.29) is 48.8 Å². The summed E-state index contributed by atoms with van der Waals surface area (Å²) in [6.45, 7) is 9.13. The lowest BCUT2D eigenvalue weighted by Crippen LogP contribution is -2.61. The highest BCUT2D eigenvalue weighted by Crippen LogP contribution is 2.44. The number of benzene rings is 4. The molecular formula is C51H64N4O7. The summed E-state index contributed by atoms with van der Waals surface area (Å²) in [4.78, 5) is 42.1. The molecule has 62 heavy (non-hydrogen) atoms. The van der Waals surface area contributed by atoms with E-state index in [1.807, 2.05) is 112 Å². The quantitative estimate of drug-likeness (QED) is 0.0990. The number of fused-ring (bicyclic) bond motifs is 1. The summed E-state index contributed by atoms with van der Waals surface area (Å²) in [5.74, 6) is 0.124. The molecule has 3 fully saturated rings. The predicted octanol–water partition coefficient (Wildman–Crippen LogP) is 8.16. The highest BCUT2D eigenvalue weighted by molar-refractivity contribution is 5.84. The zero-order valence-corrected chi connectivity index (χ0v) is 36.8. The van der Waals surface area contributed by atoms with Crippen molar-refractivity contribution in [1.29, 1.82) is 0 Å². The molecule has 0 bridgehead atoms. The van der Waals surface area contributed by atoms with Crippen LogP contribution in [0.3, 0.4) is 0 Å². The molecule has 4 aromatic rings. The van der Waals surface area contributed by atoms with Crippen LogP contribution in [0.4, 0.5) is 4.79 Å². The number of piperidine rings is 1. The van der Waals surface area contributed by atoms with Crippen LogP contribution in [0.1, 0.15) is 106 Å². The highest BCUT2D eigenvalue weighted by Gasteiger charge is 2.46. The number of amides is 3. The average Bonchev–Trinajstić information content (AvgIpc) is 3.28. The molecule has 11 heteroatoms. The number of rotatable bonds is 13. The number of carbonyl (C=O) groups excluding carboxylic acids is 3. The molecule has 0 radical (unpaired) electrons. The Balaban J connectivity index is 1.10. The molecule has 2 saturated heterocycles. The van der Waals surface area contributed by atoms with Gasteiger partial charge in [-0.05, 0) is 85.8 Å². The van der Waals surface area contributed by atoms with Gasteiger partial charge in [0.2, 0.25) is 5.91 Å². The second kappa shape index (κ2) is 20.4. The highest BCUT2D eigenvalue weighted by atomic mass is 16.7. The summed E-state index contributed by atoms with van der Waals surface area (Å²) in [6, 6.07) is 32.4. The third-order valence-electron chi connectivity index (χ3n) is 12.8. The summed E-state index contributed by atoms with van der Waals surface area (Å²) in [7, 11) is 1.31. The molecular weight excluding hydrogens is 781 g/mol. The summed E-state index contributed by atoms with van der Waals surface area (Å²) in [6.07, 6.45) is 5.72. The van der Waals surface area contributed by atoms with Gasteiger partial charge in [0.15, 0.2) is 6.29 Å². The predicted molar refractivity (Wildman–Crippen MR) is 240 cm³/mol. The average molecular weight is 845 g/mol. The van der Waals surface area contributed by atoms with E-state index < -0.39 is 24.3 Å². The molecule has 4 aromatic carbocycles. The minimum absolute atomic E-state index is 0.0291. The van der Waals surface area contributed by atoms with Crippen LogP contribution in [0.15, 0.2) is 103 Å². The van der Waals surface area contributed by atoms with Crippen LogP contribution in [0.5, 0.6) is 0 Å². The number of nitrogens with zero attached hydrogens (tertiary/aromatic N) is 1. The molecule has 7 rings (SSSR count). The lowest BCUT2D eigenvalue weighted by molar-refractivity contribution is -0.278. The first-order valence-corrected chi connectivity index (χ1v) is 22.3. The van der Waals surface area contributed by atoms with Crippen LogP contribution in [-0.4, -0.2) is 71.3 Å². The Morgan fingerprint density at radius 2 is 1.52 bits per heavy atom. The minimum atomic E-state index is -0.838. The number of nitrogens with one attached hydrogen (secondary N) is 3. The van der Waals surface area contributed by atoms with E-state index in [2.05, 4.69) is 39.9 Å². The topological polar surface area (TPSA) is 138 Å². The van der Waals surface area contributed by atoms with Crippen LogP contribution in [0, 0.1) is 11.8 Å². The van der Waals surface area contributed by atoms with Gasteiger partial charge >= 0.3 is 12.0 Å². The first kappa shape index (κ1) is 45.0. The fourth-order valence-corrected chi connectivity index (χ4v) is 9.61.